The van der Waals surface area contributed by atoms with E-state index in [0.29, 0.717) is 35.1 Å². The van der Waals surface area contributed by atoms with Crippen LogP contribution in [0.25, 0.3) is 0 Å². The minimum atomic E-state index is -1.79. The second kappa shape index (κ2) is 33.3. The molecule has 6 aliphatic carbocycles. The molecule has 4 heterocycles. The van der Waals surface area contributed by atoms with E-state index in [9.17, 15) is 58.8 Å². The van der Waals surface area contributed by atoms with Gasteiger partial charge in [0.15, 0.2) is 36.0 Å². The second-order valence-corrected chi connectivity index (χ2v) is 38.6. The largest absolute Gasteiger partial charge is 0.457 e. The Morgan fingerprint density at radius 3 is 1.13 bits per heavy atom. The number of alkyl carbamates (subject to hydrolysis) is 2. The van der Waals surface area contributed by atoms with E-state index in [-0.39, 0.29) is 61.9 Å². The number of hydrogen-bond acceptors (Lipinski definition) is 26. The molecule has 2 aromatic carbocycles. The molecule has 6 N–H and O–H groups in total. The average Bonchev–Trinajstić information content (AvgIpc) is 1.45. The van der Waals surface area contributed by atoms with E-state index in [0.717, 1.165) is 0 Å². The Bertz CT molecular complexity index is 3930. The molecule has 10 aliphatic rings. The van der Waals surface area contributed by atoms with Gasteiger partial charge in [-0.2, -0.15) is 0 Å². The molecule has 0 bridgehead atoms. The Kier molecular flexibility index (Phi) is 25.7. The van der Waals surface area contributed by atoms with Crippen molar-refractivity contribution in [3.63, 3.8) is 0 Å². The predicted molar refractivity (Wildman–Crippen MR) is 427 cm³/mol. The molecule has 2 unspecified atom stereocenters. The Morgan fingerprint density at radius 1 is 0.525 bits per heavy atom. The summed E-state index contributed by atoms with van der Waals surface area (Å²) in [6.45, 7) is 46.5. The molecule has 4 aliphatic heterocycles. The van der Waals surface area contributed by atoms with Crippen LogP contribution < -0.4 is 10.6 Å². The first-order valence-corrected chi connectivity index (χ1v) is 41.5. The molecule has 0 aromatic heterocycles. The number of benzene rings is 2. The van der Waals surface area contributed by atoms with Crippen molar-refractivity contribution in [2.45, 2.75) is 322 Å². The molecule has 28 heteroatoms. The molecule has 2 amide bonds. The normalized spacial score (nSPS) is 36.0. The van der Waals surface area contributed by atoms with Crippen molar-refractivity contribution in [3.05, 3.63) is 119 Å². The molecule has 12 rings (SSSR count). The maximum absolute atomic E-state index is 14.5. The summed E-state index contributed by atoms with van der Waals surface area (Å²) < 4.78 is 88.8. The van der Waals surface area contributed by atoms with Gasteiger partial charge >= 0.3 is 48.0 Å². The summed E-state index contributed by atoms with van der Waals surface area (Å²) in [5.74, 6) is -7.39. The molecule has 0 spiro atoms. The van der Waals surface area contributed by atoms with Crippen LogP contribution in [0.5, 0.6) is 0 Å². The Hall–Kier alpha value is -7.64. The summed E-state index contributed by atoms with van der Waals surface area (Å²) in [7, 11) is 0. The summed E-state index contributed by atoms with van der Waals surface area (Å²) >= 11 is 0. The van der Waals surface area contributed by atoms with Crippen molar-refractivity contribution in [3.8, 4) is 0 Å². The van der Waals surface area contributed by atoms with Gasteiger partial charge in [0.05, 0.1) is 94.7 Å². The summed E-state index contributed by atoms with van der Waals surface area (Å²) in [6, 6.07) is 14.9. The summed E-state index contributed by atoms with van der Waals surface area (Å²) in [4.78, 5) is 109. The third-order valence-electron chi connectivity index (χ3n) is 26.7. The molecule has 2 aromatic rings. The molecule has 118 heavy (non-hydrogen) atoms. The van der Waals surface area contributed by atoms with E-state index < -0.39 is 225 Å². The molecule has 8 fully saturated rings. The van der Waals surface area contributed by atoms with Gasteiger partial charge in [-0.25, -0.2) is 28.8 Å². The van der Waals surface area contributed by atoms with Crippen LogP contribution in [0.4, 0.5) is 9.59 Å². The Balaban J connectivity index is 0.000000231. The highest BCUT2D eigenvalue weighted by molar-refractivity contribution is 5.90. The first-order chi connectivity index (χ1) is 54.8. The lowest BCUT2D eigenvalue weighted by molar-refractivity contribution is -0.391. The smallest absolute Gasteiger partial charge is 0.407 e. The van der Waals surface area contributed by atoms with Crippen LogP contribution in [0.1, 0.15) is 212 Å². The van der Waals surface area contributed by atoms with Crippen molar-refractivity contribution >= 4 is 48.0 Å². The van der Waals surface area contributed by atoms with Gasteiger partial charge in [-0.3, -0.25) is 9.59 Å². The van der Waals surface area contributed by atoms with Gasteiger partial charge in [0.1, 0.15) is 47.8 Å². The monoisotopic (exact) mass is 1650 g/mol. The molecule has 4 saturated heterocycles. The van der Waals surface area contributed by atoms with Crippen molar-refractivity contribution in [1.82, 2.24) is 10.6 Å². The third-order valence-corrected chi connectivity index (χ3v) is 26.7. The number of esters is 6. The first-order valence-electron chi connectivity index (χ1n) is 41.5. The van der Waals surface area contributed by atoms with Gasteiger partial charge in [-0.15, -0.1) is 0 Å². The van der Waals surface area contributed by atoms with Crippen LogP contribution >= 0.6 is 0 Å². The fourth-order valence-electron chi connectivity index (χ4n) is 22.1. The molecule has 0 radical (unpaired) electrons. The van der Waals surface area contributed by atoms with Crippen LogP contribution in [0.15, 0.2) is 108 Å². The number of fused-ring (bicyclic) bond motifs is 6. The number of ether oxygens (including phenoxy) is 14. The van der Waals surface area contributed by atoms with Crippen LogP contribution in [-0.4, -0.2) is 213 Å². The summed E-state index contributed by atoms with van der Waals surface area (Å²) in [5, 5.41) is 54.0. The highest BCUT2D eigenvalue weighted by Gasteiger charge is 2.83. The van der Waals surface area contributed by atoms with Gasteiger partial charge < -0.3 is 97.4 Å². The fraction of sp³-hybridized carbons (Fsp3) is 0.689. The number of aliphatic hydroxyl groups is 4. The molecule has 26 atom stereocenters. The minimum absolute atomic E-state index is 0.0118. The standard InChI is InChI=1S/2C45H63NO13/c2*1-13-32-55-30-20-31-45(22-53-31,58-26(6)47)35-37(57-38(49)27-17-15-14-16-18-27)44(42(10,11)52)21-29(24(4)33(44)25(5)36(56-32)43(30,35)12)54-39(50)34(48)28(19-23(2)3)46-40(51)59-41(7,8)9/h2*13-18,23,25,28-32,34-37,48,52H,1,19-22H2,2-12H3,(H,46,51)/t25-,28-,29-,30-,31+,32+,34+,35-,36?,37-,43+,44-,45-;25-,28-,29-,30-,31+,32-,34+,35-,36?,37-,43+,44-,45-/m00/s1. The van der Waals surface area contributed by atoms with Crippen molar-refractivity contribution in [2.24, 2.45) is 57.2 Å². The highest BCUT2D eigenvalue weighted by Crippen LogP contribution is 2.73. The van der Waals surface area contributed by atoms with E-state index >= 15 is 0 Å². The maximum Gasteiger partial charge on any atom is 0.407 e. The van der Waals surface area contributed by atoms with Crippen LogP contribution in [0.3, 0.4) is 0 Å². The predicted octanol–water partition coefficient (Wildman–Crippen LogP) is 11.1. The molecular weight excluding hydrogens is 1520 g/mol. The number of hydrogen-bond donors (Lipinski definition) is 6. The van der Waals surface area contributed by atoms with Gasteiger partial charge in [0.25, 0.3) is 0 Å². The second-order valence-electron chi connectivity index (χ2n) is 38.6. The van der Waals surface area contributed by atoms with Crippen molar-refractivity contribution in [1.29, 1.82) is 0 Å². The highest BCUT2D eigenvalue weighted by atomic mass is 16.7. The number of carbonyl (C=O) groups is 8. The van der Waals surface area contributed by atoms with Crippen LogP contribution in [0.2, 0.25) is 0 Å². The number of aliphatic hydroxyl groups excluding tert-OH is 2. The van der Waals surface area contributed by atoms with E-state index in [1.807, 2.05) is 55.4 Å². The first kappa shape index (κ1) is 91.1. The average molecular weight is 1650 g/mol. The Labute approximate surface area is 692 Å². The van der Waals surface area contributed by atoms with E-state index in [1.54, 1.807) is 156 Å². The maximum atomic E-state index is 14.5. The van der Waals surface area contributed by atoms with Crippen LogP contribution in [-0.2, 0) is 85.5 Å². The lowest BCUT2D eigenvalue weighted by atomic mass is 9.49. The number of rotatable bonds is 22. The molecule has 4 saturated carbocycles. The van der Waals surface area contributed by atoms with Gasteiger partial charge in [-0.1, -0.05) is 105 Å². The van der Waals surface area contributed by atoms with E-state index in [2.05, 4.69) is 23.8 Å². The zero-order chi connectivity index (χ0) is 87.2. The lowest BCUT2D eigenvalue weighted by Gasteiger charge is -2.67. The van der Waals surface area contributed by atoms with Crippen molar-refractivity contribution < 1.29 is 125 Å². The Morgan fingerprint density at radius 2 is 0.856 bits per heavy atom. The van der Waals surface area contributed by atoms with E-state index in [1.165, 1.54) is 13.8 Å². The van der Waals surface area contributed by atoms with Crippen LogP contribution in [0, 0.1) is 57.2 Å². The minimum Gasteiger partial charge on any atom is -0.457 e. The van der Waals surface area contributed by atoms with E-state index in [4.69, 9.17) is 66.3 Å². The molecule has 652 valence electrons. The number of amides is 2. The van der Waals surface area contributed by atoms with Gasteiger partial charge in [0.2, 0.25) is 0 Å². The van der Waals surface area contributed by atoms with Crippen molar-refractivity contribution in [2.75, 3.05) is 13.2 Å². The summed E-state index contributed by atoms with van der Waals surface area (Å²) in [5.41, 5.74) is -9.84. The quantitative estimate of drug-likeness (QED) is 0.0362. The topological polar surface area (TPSA) is 371 Å². The number of carbonyl (C=O) groups excluding carboxylic acids is 8. The lowest BCUT2D eigenvalue weighted by Crippen LogP contribution is -2.80. The molecular formula is C90H126N2O26. The molecule has 28 nitrogen and oxygen atoms in total. The third kappa shape index (κ3) is 16.4. The zero-order valence-corrected chi connectivity index (χ0v) is 72.5. The SMILES string of the molecule is C=C[C@@H]1OC2[C@@H](C)C3=C(C)[C@@H](OC(=O)[C@H](O)[C@H](CC(C)C)NC(=O)OC(C)(C)C)C[C@@]3(C(C)(C)O)[C@@H](OC(=O)c3ccccc3)[C@@H]3[C@]4(OC(C)=O)CO[C@@H]4C[C@H](O1)[C@@]23C.C=C[C@H]1OC2[C@@H](C)C3=C(C)[C@@H](OC(=O)[C@H](O)[C@H](CC(C)C)NC(=O)OC(C)(C)C)C[C@@]3(C(C)(C)O)[C@@H](OC(=O)c3ccccc3)[C@@H]3[C@]4(OC(C)=O)CO[C@@H]4C[C@H](O1)[C@@]23C. The fourth-order valence-corrected chi connectivity index (χ4v) is 22.1. The van der Waals surface area contributed by atoms with Gasteiger partial charge in [0, 0.05) is 62.2 Å². The zero-order valence-electron chi connectivity index (χ0n) is 72.5. The number of nitrogens with one attached hydrogen (secondary N) is 2. The summed E-state index contributed by atoms with van der Waals surface area (Å²) in [6.07, 6.45) is -11.1. The van der Waals surface area contributed by atoms with Gasteiger partial charge in [-0.05, 0) is 166 Å².